The van der Waals surface area contributed by atoms with Gasteiger partial charge in [0.2, 0.25) is 0 Å². The first-order valence-corrected chi connectivity index (χ1v) is 8.84. The zero-order valence-corrected chi connectivity index (χ0v) is 14.6. The Kier molecular flexibility index (Phi) is 4.35. The van der Waals surface area contributed by atoms with Gasteiger partial charge >= 0.3 is 6.18 Å². The van der Waals surface area contributed by atoms with Crippen molar-refractivity contribution in [3.05, 3.63) is 29.8 Å². The highest BCUT2D eigenvalue weighted by molar-refractivity contribution is 5.97. The summed E-state index contributed by atoms with van der Waals surface area (Å²) in [6.45, 7) is 4.21. The van der Waals surface area contributed by atoms with Gasteiger partial charge in [-0.1, -0.05) is 5.92 Å². The molecular formula is C19H18F3N3O2. The highest BCUT2D eigenvalue weighted by Gasteiger charge is 2.40. The molecule has 0 aliphatic carbocycles. The maximum Gasteiger partial charge on any atom is 0.458 e. The van der Waals surface area contributed by atoms with Crippen LogP contribution in [0.2, 0.25) is 0 Å². The average Bonchev–Trinajstić information content (AvgIpc) is 3.05. The number of carbonyl (C=O) groups excluding carboxylic acids is 1. The summed E-state index contributed by atoms with van der Waals surface area (Å²) in [5, 5.41) is 3.40. The van der Waals surface area contributed by atoms with E-state index in [4.69, 9.17) is 4.42 Å². The van der Waals surface area contributed by atoms with Gasteiger partial charge in [0.25, 0.3) is 5.91 Å². The fourth-order valence-electron chi connectivity index (χ4n) is 4.06. The number of halogens is 3. The number of furan rings is 1. The molecule has 5 heterocycles. The van der Waals surface area contributed by atoms with Gasteiger partial charge in [0.15, 0.2) is 5.58 Å². The largest absolute Gasteiger partial charge is 0.461 e. The molecule has 8 heteroatoms. The first-order valence-electron chi connectivity index (χ1n) is 8.84. The minimum Gasteiger partial charge on any atom is -0.461 e. The predicted octanol–water partition coefficient (Wildman–Crippen LogP) is 2.95. The van der Waals surface area contributed by atoms with Crippen LogP contribution < -0.4 is 5.32 Å². The lowest BCUT2D eigenvalue weighted by atomic mass is 9.79. The summed E-state index contributed by atoms with van der Waals surface area (Å²) in [6, 6.07) is 1.74. The van der Waals surface area contributed by atoms with Gasteiger partial charge in [0, 0.05) is 23.4 Å². The van der Waals surface area contributed by atoms with Crippen LogP contribution in [0.5, 0.6) is 0 Å². The zero-order valence-electron chi connectivity index (χ0n) is 14.6. The Labute approximate surface area is 153 Å². The molecule has 2 unspecified atom stereocenters. The third-order valence-electron chi connectivity index (χ3n) is 5.51. The van der Waals surface area contributed by atoms with Gasteiger partial charge in [0.05, 0.1) is 11.8 Å². The molecule has 1 amide bonds. The van der Waals surface area contributed by atoms with Crippen molar-refractivity contribution < 1.29 is 22.4 Å². The number of hydrogen-bond acceptors (Lipinski definition) is 4. The number of rotatable bonds is 2. The molecule has 0 saturated carbocycles. The molecule has 2 bridgehead atoms. The van der Waals surface area contributed by atoms with Gasteiger partial charge < -0.3 is 9.73 Å². The molecule has 27 heavy (non-hydrogen) atoms. The Morgan fingerprint density at radius 2 is 2.11 bits per heavy atom. The lowest BCUT2D eigenvalue weighted by Gasteiger charge is -2.49. The molecule has 3 aliphatic heterocycles. The Bertz CT molecular complexity index is 931. The Hall–Kier alpha value is -2.53. The molecule has 1 N–H and O–H groups in total. The van der Waals surface area contributed by atoms with Crippen molar-refractivity contribution in [1.82, 2.24) is 15.2 Å². The summed E-state index contributed by atoms with van der Waals surface area (Å²) < 4.78 is 42.2. The summed E-state index contributed by atoms with van der Waals surface area (Å²) in [7, 11) is 0. The van der Waals surface area contributed by atoms with Crippen LogP contribution in [0.25, 0.3) is 11.0 Å². The first-order chi connectivity index (χ1) is 12.8. The fourth-order valence-corrected chi connectivity index (χ4v) is 4.06. The first kappa shape index (κ1) is 17.9. The molecular weight excluding hydrogens is 359 g/mol. The molecule has 2 aromatic rings. The standard InChI is InChI=1S/C19H18F3N3O2/c1-11-17(12-3-6-25(11)7-4-12)24-18(26)15-8-14-13(2-5-19(20,21)22)10-27-16(14)9-23-15/h8-12,17H,3-4,6-7H2,1H3,(H,24,26). The summed E-state index contributed by atoms with van der Waals surface area (Å²) in [5.41, 5.74) is 0.506. The van der Waals surface area contributed by atoms with Crippen molar-refractivity contribution in [2.45, 2.75) is 38.0 Å². The molecule has 3 fully saturated rings. The van der Waals surface area contributed by atoms with Gasteiger partial charge in [-0.15, -0.1) is 0 Å². The van der Waals surface area contributed by atoms with Crippen LogP contribution in [-0.2, 0) is 0 Å². The quantitative estimate of drug-likeness (QED) is 0.818. The number of nitrogens with zero attached hydrogens (tertiary/aromatic N) is 2. The zero-order chi connectivity index (χ0) is 19.2. The average molecular weight is 377 g/mol. The van der Waals surface area contributed by atoms with Gasteiger partial charge in [-0.05, 0) is 44.8 Å². The SMILES string of the molecule is CC1C(NC(=O)c2cc3c(C#CC(F)(F)F)coc3cn2)C2CCN1CC2. The molecule has 5 nitrogen and oxygen atoms in total. The van der Waals surface area contributed by atoms with E-state index in [2.05, 4.69) is 22.1 Å². The maximum atomic E-state index is 12.7. The van der Waals surface area contributed by atoms with Crippen molar-refractivity contribution in [3.8, 4) is 11.8 Å². The second-order valence-electron chi connectivity index (χ2n) is 7.08. The van der Waals surface area contributed by atoms with Crippen LogP contribution in [0.4, 0.5) is 13.2 Å². The fraction of sp³-hybridized carbons (Fsp3) is 0.474. The van der Waals surface area contributed by atoms with E-state index in [0.29, 0.717) is 11.3 Å². The third-order valence-corrected chi connectivity index (χ3v) is 5.51. The Morgan fingerprint density at radius 1 is 1.37 bits per heavy atom. The number of hydrogen-bond donors (Lipinski definition) is 1. The van der Waals surface area contributed by atoms with Crippen molar-refractivity contribution in [3.63, 3.8) is 0 Å². The van der Waals surface area contributed by atoms with E-state index in [-0.39, 0.29) is 34.8 Å². The summed E-state index contributed by atoms with van der Waals surface area (Å²) in [5.74, 6) is 3.38. The van der Waals surface area contributed by atoms with Crippen molar-refractivity contribution >= 4 is 16.9 Å². The van der Waals surface area contributed by atoms with Gasteiger partial charge in [-0.2, -0.15) is 13.2 Å². The number of pyridine rings is 1. The smallest absolute Gasteiger partial charge is 0.458 e. The topological polar surface area (TPSA) is 58.4 Å². The Morgan fingerprint density at radius 3 is 2.78 bits per heavy atom. The van der Waals surface area contributed by atoms with E-state index >= 15 is 0 Å². The predicted molar refractivity (Wildman–Crippen MR) is 92.0 cm³/mol. The van der Waals surface area contributed by atoms with E-state index < -0.39 is 6.18 Å². The molecule has 5 rings (SSSR count). The number of alkyl halides is 3. The third kappa shape index (κ3) is 3.52. The van der Waals surface area contributed by atoms with E-state index in [1.165, 1.54) is 18.2 Å². The number of aromatic nitrogens is 1. The lowest BCUT2D eigenvalue weighted by Crippen LogP contribution is -2.62. The van der Waals surface area contributed by atoms with Crippen LogP contribution in [0.1, 0.15) is 35.8 Å². The molecule has 142 valence electrons. The van der Waals surface area contributed by atoms with E-state index in [1.807, 2.05) is 5.92 Å². The second kappa shape index (κ2) is 6.57. The minimum absolute atomic E-state index is 0.0475. The van der Waals surface area contributed by atoms with Crippen LogP contribution in [-0.4, -0.2) is 47.1 Å². The second-order valence-corrected chi connectivity index (χ2v) is 7.08. The van der Waals surface area contributed by atoms with E-state index in [9.17, 15) is 18.0 Å². The molecule has 0 spiro atoms. The monoisotopic (exact) mass is 377 g/mol. The van der Waals surface area contributed by atoms with Gasteiger partial charge in [-0.3, -0.25) is 9.69 Å². The summed E-state index contributed by atoms with van der Waals surface area (Å²) >= 11 is 0. The van der Waals surface area contributed by atoms with Crippen molar-refractivity contribution in [1.29, 1.82) is 0 Å². The highest BCUT2D eigenvalue weighted by atomic mass is 19.4. The lowest BCUT2D eigenvalue weighted by molar-refractivity contribution is -0.0696. The molecule has 2 atom stereocenters. The summed E-state index contributed by atoms with van der Waals surface area (Å²) in [6.07, 6.45) is -0.00486. The number of piperidine rings is 3. The normalized spacial score (nSPS) is 27.3. The number of fused-ring (bicyclic) bond motifs is 4. The number of carbonyl (C=O) groups is 1. The van der Waals surface area contributed by atoms with Crippen LogP contribution in [0.15, 0.2) is 22.9 Å². The van der Waals surface area contributed by atoms with Crippen LogP contribution in [0.3, 0.4) is 0 Å². The maximum absolute atomic E-state index is 12.7. The molecule has 0 aromatic carbocycles. The number of amides is 1. The van der Waals surface area contributed by atoms with Gasteiger partial charge in [0.1, 0.15) is 12.0 Å². The molecule has 2 aromatic heterocycles. The molecule has 0 radical (unpaired) electrons. The van der Waals surface area contributed by atoms with Crippen LogP contribution >= 0.6 is 0 Å². The number of nitrogens with one attached hydrogen (secondary N) is 1. The van der Waals surface area contributed by atoms with E-state index in [1.54, 1.807) is 0 Å². The van der Waals surface area contributed by atoms with Crippen molar-refractivity contribution in [2.24, 2.45) is 5.92 Å². The molecule has 3 aliphatic rings. The van der Waals surface area contributed by atoms with Crippen molar-refractivity contribution in [2.75, 3.05) is 13.1 Å². The van der Waals surface area contributed by atoms with Gasteiger partial charge in [-0.25, -0.2) is 4.98 Å². The minimum atomic E-state index is -4.59. The highest BCUT2D eigenvalue weighted by Crippen LogP contribution is 2.32. The summed E-state index contributed by atoms with van der Waals surface area (Å²) in [4.78, 5) is 19.1. The molecule has 3 saturated heterocycles. The van der Waals surface area contributed by atoms with Crippen LogP contribution in [0, 0.1) is 17.8 Å². The van der Waals surface area contributed by atoms with E-state index in [0.717, 1.165) is 32.2 Å². The Balaban J connectivity index is 1.58.